The van der Waals surface area contributed by atoms with Gasteiger partial charge in [0.25, 0.3) is 0 Å². The second kappa shape index (κ2) is 7.90. The highest BCUT2D eigenvalue weighted by molar-refractivity contribution is 5.38. The van der Waals surface area contributed by atoms with Gasteiger partial charge in [0.2, 0.25) is 5.88 Å². The van der Waals surface area contributed by atoms with Gasteiger partial charge in [0.15, 0.2) is 0 Å². The highest BCUT2D eigenvalue weighted by Crippen LogP contribution is 2.16. The van der Waals surface area contributed by atoms with Gasteiger partial charge in [-0.2, -0.15) is 4.98 Å². The molecule has 0 saturated carbocycles. The van der Waals surface area contributed by atoms with E-state index in [9.17, 15) is 0 Å². The first kappa shape index (κ1) is 14.7. The van der Waals surface area contributed by atoms with Crippen molar-refractivity contribution in [1.29, 1.82) is 0 Å². The van der Waals surface area contributed by atoms with E-state index in [4.69, 9.17) is 4.74 Å². The average molecular weight is 251 g/mol. The highest BCUT2D eigenvalue weighted by atomic mass is 16.5. The predicted molar refractivity (Wildman–Crippen MR) is 75.1 cm³/mol. The zero-order valence-corrected chi connectivity index (χ0v) is 12.0. The summed E-state index contributed by atoms with van der Waals surface area (Å²) in [5.41, 5.74) is 0. The summed E-state index contributed by atoms with van der Waals surface area (Å²) >= 11 is 0. The summed E-state index contributed by atoms with van der Waals surface area (Å²) in [6.07, 6.45) is 3.10. The lowest BCUT2D eigenvalue weighted by atomic mass is 10.1. The Kier molecular flexibility index (Phi) is 6.47. The van der Waals surface area contributed by atoms with Crippen molar-refractivity contribution in [2.45, 2.75) is 47.0 Å². The normalized spacial score (nSPS) is 10.7. The van der Waals surface area contributed by atoms with Crippen LogP contribution in [0.4, 0.5) is 5.82 Å². The van der Waals surface area contributed by atoms with E-state index in [0.717, 1.165) is 44.1 Å². The Morgan fingerprint density at radius 2 is 1.89 bits per heavy atom. The van der Waals surface area contributed by atoms with Crippen molar-refractivity contribution in [1.82, 2.24) is 9.97 Å². The summed E-state index contributed by atoms with van der Waals surface area (Å²) in [6, 6.07) is 1.88. The predicted octanol–water partition coefficient (Wildman–Crippen LogP) is 3.29. The van der Waals surface area contributed by atoms with Crippen LogP contribution < -0.4 is 10.1 Å². The number of hydrogen-bond donors (Lipinski definition) is 1. The Hall–Kier alpha value is -1.32. The van der Waals surface area contributed by atoms with Crippen molar-refractivity contribution in [2.75, 3.05) is 18.5 Å². The van der Waals surface area contributed by atoms with E-state index in [1.807, 2.05) is 6.07 Å². The van der Waals surface area contributed by atoms with E-state index in [2.05, 4.69) is 43.0 Å². The maximum absolute atomic E-state index is 5.79. The zero-order chi connectivity index (χ0) is 13.4. The number of hydrogen-bond acceptors (Lipinski definition) is 4. The Morgan fingerprint density at radius 1 is 1.17 bits per heavy atom. The second-order valence-corrected chi connectivity index (χ2v) is 4.39. The summed E-state index contributed by atoms with van der Waals surface area (Å²) in [7, 11) is 0. The Labute approximate surface area is 110 Å². The summed E-state index contributed by atoms with van der Waals surface area (Å²) in [5.74, 6) is 2.97. The Balaban J connectivity index is 2.71. The van der Waals surface area contributed by atoms with Gasteiger partial charge >= 0.3 is 0 Å². The highest BCUT2D eigenvalue weighted by Gasteiger charge is 2.07. The molecule has 0 radical (unpaired) electrons. The first-order valence-electron chi connectivity index (χ1n) is 6.97. The van der Waals surface area contributed by atoms with Crippen LogP contribution in [0.25, 0.3) is 0 Å². The number of ether oxygens (including phenoxy) is 1. The minimum absolute atomic E-state index is 0.604. The van der Waals surface area contributed by atoms with Crippen LogP contribution >= 0.6 is 0 Å². The molecule has 4 heteroatoms. The molecule has 102 valence electrons. The van der Waals surface area contributed by atoms with Gasteiger partial charge in [0.1, 0.15) is 11.6 Å². The van der Waals surface area contributed by atoms with Gasteiger partial charge in [-0.15, -0.1) is 0 Å². The topological polar surface area (TPSA) is 47.0 Å². The van der Waals surface area contributed by atoms with Crippen molar-refractivity contribution in [3.63, 3.8) is 0 Å². The van der Waals surface area contributed by atoms with Gasteiger partial charge in [-0.05, 0) is 12.8 Å². The molecule has 1 heterocycles. The molecule has 1 rings (SSSR count). The fourth-order valence-corrected chi connectivity index (χ4v) is 1.70. The molecule has 1 N–H and O–H groups in total. The van der Waals surface area contributed by atoms with Crippen molar-refractivity contribution < 1.29 is 4.74 Å². The lowest BCUT2D eigenvalue weighted by Gasteiger charge is -2.14. The lowest BCUT2D eigenvalue weighted by molar-refractivity contribution is 0.232. The molecule has 0 aliphatic rings. The molecule has 0 aliphatic heterocycles. The van der Waals surface area contributed by atoms with Gasteiger partial charge < -0.3 is 10.1 Å². The van der Waals surface area contributed by atoms with Gasteiger partial charge in [-0.1, -0.05) is 33.6 Å². The van der Waals surface area contributed by atoms with E-state index in [0.29, 0.717) is 11.8 Å². The number of nitrogens with zero attached hydrogens (tertiary/aromatic N) is 2. The van der Waals surface area contributed by atoms with Crippen LogP contribution in [0.3, 0.4) is 0 Å². The van der Waals surface area contributed by atoms with Gasteiger partial charge in [-0.25, -0.2) is 4.98 Å². The van der Waals surface area contributed by atoms with Crippen molar-refractivity contribution >= 4 is 5.82 Å². The fraction of sp³-hybridized carbons (Fsp3) is 0.714. The quantitative estimate of drug-likeness (QED) is 0.770. The van der Waals surface area contributed by atoms with Crippen LogP contribution in [0.1, 0.15) is 46.4 Å². The van der Waals surface area contributed by atoms with Crippen LogP contribution in [-0.4, -0.2) is 23.1 Å². The molecule has 0 amide bonds. The molecule has 0 unspecified atom stereocenters. The third-order valence-electron chi connectivity index (χ3n) is 3.04. The van der Waals surface area contributed by atoms with Gasteiger partial charge in [0, 0.05) is 19.0 Å². The molecule has 18 heavy (non-hydrogen) atoms. The van der Waals surface area contributed by atoms with Crippen LogP contribution in [0.15, 0.2) is 6.07 Å². The molecule has 0 atom stereocenters. The number of rotatable bonds is 8. The second-order valence-electron chi connectivity index (χ2n) is 4.39. The molecule has 0 spiro atoms. The number of anilines is 1. The summed E-state index contributed by atoms with van der Waals surface area (Å²) in [6.45, 7) is 10.1. The van der Waals surface area contributed by atoms with Crippen LogP contribution in [0.2, 0.25) is 0 Å². The fourth-order valence-electron chi connectivity index (χ4n) is 1.70. The average Bonchev–Trinajstić information content (AvgIpc) is 2.40. The maximum Gasteiger partial charge on any atom is 0.218 e. The standard InChI is InChI=1S/C14H25N3O/c1-5-11(6-2)10-18-14-9-13(15-8-4)16-12(7-3)17-14/h9,11H,5-8,10H2,1-4H3,(H,15,16,17). The van der Waals surface area contributed by atoms with E-state index >= 15 is 0 Å². The number of aromatic nitrogens is 2. The first-order valence-corrected chi connectivity index (χ1v) is 6.97. The smallest absolute Gasteiger partial charge is 0.218 e. The largest absolute Gasteiger partial charge is 0.477 e. The van der Waals surface area contributed by atoms with E-state index in [1.54, 1.807) is 0 Å². The molecule has 0 fully saturated rings. The number of nitrogens with one attached hydrogen (secondary N) is 1. The van der Waals surface area contributed by atoms with Crippen molar-refractivity contribution in [3.8, 4) is 5.88 Å². The summed E-state index contributed by atoms with van der Waals surface area (Å²) < 4.78 is 5.79. The Bertz CT molecular complexity index is 351. The minimum atomic E-state index is 0.604. The minimum Gasteiger partial charge on any atom is -0.477 e. The van der Waals surface area contributed by atoms with Crippen molar-refractivity contribution in [2.24, 2.45) is 5.92 Å². The van der Waals surface area contributed by atoms with Gasteiger partial charge in [0.05, 0.1) is 6.61 Å². The monoisotopic (exact) mass is 251 g/mol. The third-order valence-corrected chi connectivity index (χ3v) is 3.04. The van der Waals surface area contributed by atoms with Crippen LogP contribution in [-0.2, 0) is 6.42 Å². The van der Waals surface area contributed by atoms with E-state index in [1.165, 1.54) is 0 Å². The van der Waals surface area contributed by atoms with Crippen LogP contribution in [0, 0.1) is 5.92 Å². The van der Waals surface area contributed by atoms with E-state index in [-0.39, 0.29) is 0 Å². The summed E-state index contributed by atoms with van der Waals surface area (Å²) in [5, 5.41) is 3.21. The van der Waals surface area contributed by atoms with E-state index < -0.39 is 0 Å². The SMILES string of the molecule is CCNc1cc(OCC(CC)CC)nc(CC)n1. The molecule has 1 aromatic rings. The third kappa shape index (κ3) is 4.51. The molecule has 0 aliphatic carbocycles. The number of aryl methyl sites for hydroxylation is 1. The molecule has 1 aromatic heterocycles. The molecule has 0 saturated heterocycles. The summed E-state index contributed by atoms with van der Waals surface area (Å²) in [4.78, 5) is 8.81. The van der Waals surface area contributed by atoms with Gasteiger partial charge in [-0.3, -0.25) is 0 Å². The molecular formula is C14H25N3O. The first-order chi connectivity index (χ1) is 8.73. The van der Waals surface area contributed by atoms with Crippen molar-refractivity contribution in [3.05, 3.63) is 11.9 Å². The lowest BCUT2D eigenvalue weighted by Crippen LogP contribution is -2.12. The maximum atomic E-state index is 5.79. The Morgan fingerprint density at radius 3 is 2.44 bits per heavy atom. The molecule has 4 nitrogen and oxygen atoms in total. The van der Waals surface area contributed by atoms with Crippen LogP contribution in [0.5, 0.6) is 5.88 Å². The molecular weight excluding hydrogens is 226 g/mol. The molecule has 0 aromatic carbocycles. The molecule has 0 bridgehead atoms. The zero-order valence-electron chi connectivity index (χ0n) is 12.0.